The second-order valence-corrected chi connectivity index (χ2v) is 9.04. The molecule has 2 aromatic carbocycles. The van der Waals surface area contributed by atoms with E-state index in [0.29, 0.717) is 26.6 Å². The Kier molecular flexibility index (Phi) is 6.85. The first kappa shape index (κ1) is 23.7. The van der Waals surface area contributed by atoms with Crippen molar-refractivity contribution in [3.63, 3.8) is 0 Å². The number of imidazole rings is 1. The summed E-state index contributed by atoms with van der Waals surface area (Å²) < 4.78 is 31.3. The summed E-state index contributed by atoms with van der Waals surface area (Å²) in [5, 5.41) is 17.5. The summed E-state index contributed by atoms with van der Waals surface area (Å²) in [6, 6.07) is 10.8. The molecule has 7 nitrogen and oxygen atoms in total. The Morgan fingerprint density at radius 3 is 2.50 bits per heavy atom. The van der Waals surface area contributed by atoms with Gasteiger partial charge in [-0.2, -0.15) is 14.0 Å². The molecule has 0 aliphatic rings. The summed E-state index contributed by atoms with van der Waals surface area (Å²) in [6.45, 7) is 3.01. The van der Waals surface area contributed by atoms with E-state index in [1.807, 2.05) is 5.32 Å². The van der Waals surface area contributed by atoms with Crippen molar-refractivity contribution in [2.24, 2.45) is 5.92 Å². The Labute approximate surface area is 194 Å². The highest BCUT2D eigenvalue weighted by Crippen LogP contribution is 2.39. The highest BCUT2D eigenvalue weighted by atomic mass is 79.9. The molecule has 0 aliphatic heterocycles. The van der Waals surface area contributed by atoms with E-state index in [1.54, 1.807) is 36.4 Å². The number of alkyl halides is 2. The van der Waals surface area contributed by atoms with E-state index in [4.69, 9.17) is 0 Å². The molecule has 1 unspecified atom stereocenters. The van der Waals surface area contributed by atoms with Gasteiger partial charge < -0.3 is 10.4 Å². The van der Waals surface area contributed by atoms with Crippen LogP contribution in [-0.4, -0.2) is 37.8 Å². The van der Waals surface area contributed by atoms with Crippen LogP contribution in [0.15, 0.2) is 52.4 Å². The fourth-order valence-electron chi connectivity index (χ4n) is 3.08. The monoisotopic (exact) mass is 522 g/mol. The van der Waals surface area contributed by atoms with Crippen LogP contribution in [-0.2, 0) is 9.59 Å². The van der Waals surface area contributed by atoms with Gasteiger partial charge in [-0.3, -0.25) is 9.36 Å². The molecule has 3 aromatic rings. The number of fused-ring (bicyclic) bond motifs is 1. The summed E-state index contributed by atoms with van der Waals surface area (Å²) in [5.41, 5.74) is 0.904. The van der Waals surface area contributed by atoms with Gasteiger partial charge >= 0.3 is 17.1 Å². The van der Waals surface area contributed by atoms with Crippen molar-refractivity contribution in [1.29, 1.82) is 5.26 Å². The number of carboxylic acid groups (broad SMARTS) is 1. The van der Waals surface area contributed by atoms with Crippen LogP contribution in [0, 0.1) is 17.2 Å². The van der Waals surface area contributed by atoms with Crippen LogP contribution < -0.4 is 5.32 Å². The first-order valence-corrected chi connectivity index (χ1v) is 10.9. The Hall–Kier alpha value is -2.97. The number of aromatic nitrogens is 2. The van der Waals surface area contributed by atoms with E-state index < -0.39 is 29.1 Å². The van der Waals surface area contributed by atoms with Crippen LogP contribution in [0.1, 0.15) is 19.4 Å². The zero-order valence-corrected chi connectivity index (χ0v) is 19.2. The minimum atomic E-state index is -3.99. The molecule has 32 heavy (non-hydrogen) atoms. The second kappa shape index (κ2) is 9.26. The maximum atomic E-state index is 14.8. The maximum absolute atomic E-state index is 14.8. The number of amides is 1. The number of aliphatic carboxylic acids is 1. The van der Waals surface area contributed by atoms with E-state index in [2.05, 4.69) is 27.0 Å². The number of halogens is 3. The average molecular weight is 523 g/mol. The minimum absolute atomic E-state index is 0.101. The number of thioether (sulfide) groups is 1. The highest BCUT2D eigenvalue weighted by molar-refractivity contribution is 9.10. The van der Waals surface area contributed by atoms with Gasteiger partial charge in [0.2, 0.25) is 0 Å². The fourth-order valence-corrected chi connectivity index (χ4v) is 4.43. The quantitative estimate of drug-likeness (QED) is 0.440. The van der Waals surface area contributed by atoms with Gasteiger partial charge in [-0.05, 0) is 45.7 Å². The Morgan fingerprint density at radius 2 is 1.91 bits per heavy atom. The number of nitrogens with zero attached hydrogens (tertiary/aromatic N) is 3. The molecular formula is C21H17BrF2N4O3S. The largest absolute Gasteiger partial charge is 0.480 e. The number of hydrogen-bond acceptors (Lipinski definition) is 5. The number of rotatable bonds is 7. The molecule has 2 N–H and O–H groups in total. The molecular weight excluding hydrogens is 506 g/mol. The van der Waals surface area contributed by atoms with Crippen molar-refractivity contribution in [2.45, 2.75) is 30.3 Å². The number of carbonyl (C=O) groups is 2. The van der Waals surface area contributed by atoms with Crippen molar-refractivity contribution >= 4 is 50.3 Å². The van der Waals surface area contributed by atoms with Crippen molar-refractivity contribution in [3.05, 3.63) is 52.8 Å². The molecule has 0 fully saturated rings. The summed E-state index contributed by atoms with van der Waals surface area (Å²) >= 11 is 3.20. The maximum Gasteiger partial charge on any atom is 0.377 e. The lowest BCUT2D eigenvalue weighted by atomic mass is 10.0. The van der Waals surface area contributed by atoms with E-state index >= 15 is 0 Å². The molecule has 0 saturated carbocycles. The lowest BCUT2D eigenvalue weighted by Gasteiger charge is -2.22. The number of nitriles is 1. The van der Waals surface area contributed by atoms with Crippen molar-refractivity contribution in [3.8, 4) is 11.8 Å². The number of hydrogen-bond donors (Lipinski definition) is 2. The van der Waals surface area contributed by atoms with Crippen LogP contribution in [0.25, 0.3) is 16.5 Å². The van der Waals surface area contributed by atoms with Crippen LogP contribution in [0.5, 0.6) is 0 Å². The van der Waals surface area contributed by atoms with Gasteiger partial charge in [-0.1, -0.05) is 38.1 Å². The Bertz CT molecular complexity index is 1240. The van der Waals surface area contributed by atoms with Gasteiger partial charge in [-0.25, -0.2) is 9.78 Å². The summed E-state index contributed by atoms with van der Waals surface area (Å²) in [4.78, 5) is 27.5. The Balaban J connectivity index is 2.00. The number of nitrogens with one attached hydrogen (secondary N) is 1. The Morgan fingerprint density at radius 1 is 1.25 bits per heavy atom. The molecule has 0 aliphatic carbocycles. The van der Waals surface area contributed by atoms with E-state index in [9.17, 15) is 28.7 Å². The summed E-state index contributed by atoms with van der Waals surface area (Å²) in [6.07, 6.45) is 1.32. The van der Waals surface area contributed by atoms with E-state index in [0.717, 1.165) is 0 Å². The smallest absolute Gasteiger partial charge is 0.377 e. The zero-order chi connectivity index (χ0) is 23.6. The molecule has 3 rings (SSSR count). The molecule has 166 valence electrons. The molecule has 11 heteroatoms. The lowest BCUT2D eigenvalue weighted by Crippen LogP contribution is -2.49. The van der Waals surface area contributed by atoms with Gasteiger partial charge in [-0.15, -0.1) is 0 Å². The van der Waals surface area contributed by atoms with E-state index in [1.165, 1.54) is 24.6 Å². The van der Waals surface area contributed by atoms with Crippen molar-refractivity contribution < 1.29 is 23.5 Å². The van der Waals surface area contributed by atoms with Crippen molar-refractivity contribution in [2.75, 3.05) is 0 Å². The SMILES string of the molecule is CC(C)C(NC(=O)C(F)(F)Sc1ncc(Br)n1-c1ccc(C#N)c2ccccc12)C(=O)O. The normalized spacial score (nSPS) is 12.5. The van der Waals surface area contributed by atoms with Crippen LogP contribution in [0.2, 0.25) is 0 Å². The lowest BCUT2D eigenvalue weighted by molar-refractivity contribution is -0.146. The molecule has 1 amide bonds. The first-order valence-electron chi connectivity index (χ1n) is 9.33. The summed E-state index contributed by atoms with van der Waals surface area (Å²) in [7, 11) is 0. The topological polar surface area (TPSA) is 108 Å². The summed E-state index contributed by atoms with van der Waals surface area (Å²) in [5.74, 6) is -3.71. The van der Waals surface area contributed by atoms with Crippen LogP contribution >= 0.6 is 27.7 Å². The highest BCUT2D eigenvalue weighted by Gasteiger charge is 2.44. The van der Waals surface area contributed by atoms with Gasteiger partial charge in [0.1, 0.15) is 10.6 Å². The number of carboxylic acids is 1. The third-order valence-electron chi connectivity index (χ3n) is 4.65. The average Bonchev–Trinajstić information content (AvgIpc) is 3.09. The predicted molar refractivity (Wildman–Crippen MR) is 119 cm³/mol. The van der Waals surface area contributed by atoms with Crippen LogP contribution in [0.4, 0.5) is 8.78 Å². The molecule has 0 bridgehead atoms. The van der Waals surface area contributed by atoms with E-state index in [-0.39, 0.29) is 16.9 Å². The second-order valence-electron chi connectivity index (χ2n) is 7.14. The van der Waals surface area contributed by atoms with Gasteiger partial charge in [0.05, 0.1) is 23.5 Å². The molecule has 1 heterocycles. The molecule has 0 radical (unpaired) electrons. The van der Waals surface area contributed by atoms with Gasteiger partial charge in [0.25, 0.3) is 0 Å². The molecule has 0 spiro atoms. The number of carbonyl (C=O) groups excluding carboxylic acids is 1. The minimum Gasteiger partial charge on any atom is -0.480 e. The third kappa shape index (κ3) is 4.61. The fraction of sp³-hybridized carbons (Fsp3) is 0.238. The van der Waals surface area contributed by atoms with Gasteiger partial charge in [0.15, 0.2) is 5.16 Å². The standard InChI is InChI=1S/C21H17BrF2N4O3S/c1-11(2)17(18(29)30)27-19(31)21(23,24)32-20-26-10-16(22)28(20)15-8-7-12(9-25)13-5-3-4-6-14(13)15/h3-8,10-11,17H,1-2H3,(H,27,31)(H,29,30). The molecule has 0 saturated heterocycles. The van der Waals surface area contributed by atoms with Crippen LogP contribution in [0.3, 0.4) is 0 Å². The van der Waals surface area contributed by atoms with Gasteiger partial charge in [0, 0.05) is 10.8 Å². The third-order valence-corrected chi connectivity index (χ3v) is 6.12. The first-order chi connectivity index (χ1) is 15.1. The predicted octanol–water partition coefficient (Wildman–Crippen LogP) is 4.57. The van der Waals surface area contributed by atoms with Crippen molar-refractivity contribution in [1.82, 2.24) is 14.9 Å². The zero-order valence-electron chi connectivity index (χ0n) is 16.8. The molecule has 1 atom stereocenters. The molecule has 1 aromatic heterocycles. The number of benzene rings is 2.